The Morgan fingerprint density at radius 1 is 1.40 bits per heavy atom. The minimum absolute atomic E-state index is 0.765. The Hall–Kier alpha value is -0.900. The lowest BCUT2D eigenvalue weighted by molar-refractivity contribution is 0.165. The van der Waals surface area contributed by atoms with Crippen LogP contribution in [0.1, 0.15) is 38.4 Å². The van der Waals surface area contributed by atoms with E-state index in [0.717, 1.165) is 43.7 Å². The Balaban J connectivity index is 1.86. The van der Waals surface area contributed by atoms with Gasteiger partial charge in [0.05, 0.1) is 6.54 Å². The molecule has 0 N–H and O–H groups in total. The maximum atomic E-state index is 5.18. The number of aryl methyl sites for hydroxylation is 1. The summed E-state index contributed by atoms with van der Waals surface area (Å²) in [5, 5.41) is 3.90. The van der Waals surface area contributed by atoms with Gasteiger partial charge in [-0.05, 0) is 31.8 Å². The zero-order valence-electron chi connectivity index (χ0n) is 9.57. The molecule has 1 aliphatic heterocycles. The summed E-state index contributed by atoms with van der Waals surface area (Å²) in [5.74, 6) is 2.45. The lowest BCUT2D eigenvalue weighted by Gasteiger charge is -2.28. The van der Waals surface area contributed by atoms with Gasteiger partial charge in [-0.25, -0.2) is 0 Å². The average Bonchev–Trinajstić information content (AvgIpc) is 2.69. The topological polar surface area (TPSA) is 42.2 Å². The lowest BCUT2D eigenvalue weighted by atomic mass is 9.99. The number of hydrogen-bond donors (Lipinski definition) is 0. The molecule has 0 saturated carbocycles. The van der Waals surface area contributed by atoms with Crippen molar-refractivity contribution >= 4 is 0 Å². The minimum atomic E-state index is 0.765. The third-order valence-corrected chi connectivity index (χ3v) is 3.06. The van der Waals surface area contributed by atoms with Gasteiger partial charge in [-0.15, -0.1) is 0 Å². The number of nitrogens with zero attached hydrogens (tertiary/aromatic N) is 3. The van der Waals surface area contributed by atoms with Crippen LogP contribution in [0.3, 0.4) is 0 Å². The molecule has 4 nitrogen and oxygen atoms in total. The first-order chi connectivity index (χ1) is 7.28. The first-order valence-electron chi connectivity index (χ1n) is 5.81. The van der Waals surface area contributed by atoms with Gasteiger partial charge in [-0.3, -0.25) is 4.90 Å². The van der Waals surface area contributed by atoms with Crippen LogP contribution >= 0.6 is 0 Å². The fraction of sp³-hybridized carbons (Fsp3) is 0.818. The molecule has 0 bridgehead atoms. The van der Waals surface area contributed by atoms with Gasteiger partial charge < -0.3 is 4.52 Å². The molecule has 0 radical (unpaired) electrons. The fourth-order valence-electron chi connectivity index (χ4n) is 1.91. The van der Waals surface area contributed by atoms with E-state index in [1.807, 2.05) is 6.92 Å². The Morgan fingerprint density at radius 3 is 2.73 bits per heavy atom. The number of likely N-dealkylation sites (tertiary alicyclic amines) is 1. The van der Waals surface area contributed by atoms with Gasteiger partial charge in [-0.2, -0.15) is 4.98 Å². The Labute approximate surface area is 90.7 Å². The van der Waals surface area contributed by atoms with Crippen molar-refractivity contribution in [3.63, 3.8) is 0 Å². The standard InChI is InChI=1S/C11H19N3O/c1-3-10-12-11(15-13-10)8-14-6-4-9(2)5-7-14/h9H,3-8H2,1-2H3. The molecule has 4 heteroatoms. The van der Waals surface area contributed by atoms with Crippen LogP contribution in [-0.2, 0) is 13.0 Å². The molecule has 0 spiro atoms. The van der Waals surface area contributed by atoms with Crippen LogP contribution in [0.5, 0.6) is 0 Å². The van der Waals surface area contributed by atoms with Crippen molar-refractivity contribution in [2.75, 3.05) is 13.1 Å². The van der Waals surface area contributed by atoms with Crippen molar-refractivity contribution in [3.05, 3.63) is 11.7 Å². The summed E-state index contributed by atoms with van der Waals surface area (Å²) in [6.07, 6.45) is 3.42. The second-order valence-electron chi connectivity index (χ2n) is 4.42. The molecule has 1 fully saturated rings. The summed E-state index contributed by atoms with van der Waals surface area (Å²) in [5.41, 5.74) is 0. The van der Waals surface area contributed by atoms with E-state index in [9.17, 15) is 0 Å². The average molecular weight is 209 g/mol. The first-order valence-corrected chi connectivity index (χ1v) is 5.81. The van der Waals surface area contributed by atoms with E-state index in [1.54, 1.807) is 0 Å². The summed E-state index contributed by atoms with van der Waals surface area (Å²) >= 11 is 0. The third kappa shape index (κ3) is 2.78. The maximum absolute atomic E-state index is 5.18. The van der Waals surface area contributed by atoms with Gasteiger partial charge in [-0.1, -0.05) is 19.0 Å². The van der Waals surface area contributed by atoms with Crippen molar-refractivity contribution < 1.29 is 4.52 Å². The molecule has 1 saturated heterocycles. The predicted octanol–water partition coefficient (Wildman–Crippen LogP) is 1.86. The van der Waals surface area contributed by atoms with Crippen LogP contribution < -0.4 is 0 Å². The molecule has 15 heavy (non-hydrogen) atoms. The largest absolute Gasteiger partial charge is 0.338 e. The van der Waals surface area contributed by atoms with Crippen molar-refractivity contribution in [2.45, 2.75) is 39.7 Å². The number of rotatable bonds is 3. The highest BCUT2D eigenvalue weighted by atomic mass is 16.5. The molecule has 84 valence electrons. The van der Waals surface area contributed by atoms with E-state index < -0.39 is 0 Å². The Kier molecular flexibility index (Phi) is 3.36. The minimum Gasteiger partial charge on any atom is -0.338 e. The second-order valence-corrected chi connectivity index (χ2v) is 4.42. The van der Waals surface area contributed by atoms with Crippen LogP contribution in [0.4, 0.5) is 0 Å². The van der Waals surface area contributed by atoms with Crippen LogP contribution in [0, 0.1) is 5.92 Å². The van der Waals surface area contributed by atoms with E-state index in [4.69, 9.17) is 4.52 Å². The molecule has 1 aliphatic rings. The van der Waals surface area contributed by atoms with E-state index in [-0.39, 0.29) is 0 Å². The van der Waals surface area contributed by atoms with Gasteiger partial charge in [0.1, 0.15) is 0 Å². The van der Waals surface area contributed by atoms with Gasteiger partial charge in [0, 0.05) is 6.42 Å². The summed E-state index contributed by atoms with van der Waals surface area (Å²) in [6, 6.07) is 0. The van der Waals surface area contributed by atoms with E-state index in [1.165, 1.54) is 12.8 Å². The monoisotopic (exact) mass is 209 g/mol. The van der Waals surface area contributed by atoms with Crippen molar-refractivity contribution in [1.82, 2.24) is 15.0 Å². The molecule has 0 atom stereocenters. The van der Waals surface area contributed by atoms with Gasteiger partial charge in [0.15, 0.2) is 5.82 Å². The van der Waals surface area contributed by atoms with Crippen molar-refractivity contribution in [3.8, 4) is 0 Å². The molecular weight excluding hydrogens is 190 g/mol. The zero-order valence-corrected chi connectivity index (χ0v) is 9.57. The van der Waals surface area contributed by atoms with Gasteiger partial charge in [0.2, 0.25) is 5.89 Å². The van der Waals surface area contributed by atoms with E-state index in [0.29, 0.717) is 0 Å². The highest BCUT2D eigenvalue weighted by Gasteiger charge is 2.17. The Bertz CT molecular complexity index is 303. The smallest absolute Gasteiger partial charge is 0.240 e. The zero-order chi connectivity index (χ0) is 10.7. The van der Waals surface area contributed by atoms with Crippen LogP contribution in [0.15, 0.2) is 4.52 Å². The third-order valence-electron chi connectivity index (χ3n) is 3.06. The van der Waals surface area contributed by atoms with Crippen LogP contribution in [0.2, 0.25) is 0 Å². The molecular formula is C11H19N3O. The van der Waals surface area contributed by atoms with Crippen LogP contribution in [-0.4, -0.2) is 28.1 Å². The SMILES string of the molecule is CCc1noc(CN2CCC(C)CC2)n1. The highest BCUT2D eigenvalue weighted by molar-refractivity contribution is 4.86. The van der Waals surface area contributed by atoms with Gasteiger partial charge >= 0.3 is 0 Å². The van der Waals surface area contributed by atoms with Crippen LogP contribution in [0.25, 0.3) is 0 Å². The molecule has 0 amide bonds. The summed E-state index contributed by atoms with van der Waals surface area (Å²) in [7, 11) is 0. The normalized spacial score (nSPS) is 19.6. The molecule has 2 heterocycles. The molecule has 0 unspecified atom stereocenters. The number of piperidine rings is 1. The molecule has 0 aliphatic carbocycles. The lowest BCUT2D eigenvalue weighted by Crippen LogP contribution is -2.32. The summed E-state index contributed by atoms with van der Waals surface area (Å²) < 4.78 is 5.18. The van der Waals surface area contributed by atoms with Crippen molar-refractivity contribution in [1.29, 1.82) is 0 Å². The second kappa shape index (κ2) is 4.75. The molecule has 1 aromatic heterocycles. The number of hydrogen-bond acceptors (Lipinski definition) is 4. The quantitative estimate of drug-likeness (QED) is 0.762. The molecule has 2 rings (SSSR count). The summed E-state index contributed by atoms with van der Waals surface area (Å²) in [4.78, 5) is 6.72. The number of aromatic nitrogens is 2. The van der Waals surface area contributed by atoms with E-state index >= 15 is 0 Å². The van der Waals surface area contributed by atoms with Gasteiger partial charge in [0.25, 0.3) is 0 Å². The molecule has 1 aromatic rings. The van der Waals surface area contributed by atoms with E-state index in [2.05, 4.69) is 22.0 Å². The fourth-order valence-corrected chi connectivity index (χ4v) is 1.91. The van der Waals surface area contributed by atoms with Crippen molar-refractivity contribution in [2.24, 2.45) is 5.92 Å². The highest BCUT2D eigenvalue weighted by Crippen LogP contribution is 2.17. The molecule has 0 aromatic carbocycles. The summed E-state index contributed by atoms with van der Waals surface area (Å²) in [6.45, 7) is 7.49. The first kappa shape index (κ1) is 10.6. The maximum Gasteiger partial charge on any atom is 0.240 e. The predicted molar refractivity (Wildman–Crippen MR) is 57.4 cm³/mol. The Morgan fingerprint density at radius 2 is 2.13 bits per heavy atom.